The maximum atomic E-state index is 9.83. The van der Waals surface area contributed by atoms with Crippen molar-refractivity contribution < 1.29 is 39.5 Å². The smallest absolute Gasteiger partial charge is 0.550 e. The van der Waals surface area contributed by atoms with Crippen molar-refractivity contribution in [1.29, 1.82) is 0 Å². The Hall–Kier alpha value is 0.430. The predicted molar refractivity (Wildman–Crippen MR) is 32.8 cm³/mol. The predicted octanol–water partition coefficient (Wildman–Crippen LogP) is -3.87. The molecule has 0 rings (SSSR count). The van der Waals surface area contributed by atoms with Crippen LogP contribution in [0.15, 0.2) is 0 Å². The molecule has 3 nitrogen and oxygen atoms in total. The molecule has 0 radical (unpaired) electrons. The van der Waals surface area contributed by atoms with Crippen LogP contribution in [-0.4, -0.2) is 19.6 Å². The normalized spacial score (nSPS) is 8.50. The van der Waals surface area contributed by atoms with Crippen molar-refractivity contribution in [2.24, 2.45) is 0 Å². The van der Waals surface area contributed by atoms with Crippen LogP contribution in [0.2, 0.25) is 0 Å². The van der Waals surface area contributed by atoms with Crippen LogP contribution in [0.3, 0.4) is 0 Å². The van der Waals surface area contributed by atoms with Gasteiger partial charge in [-0.05, 0) is 32.9 Å². The van der Waals surface area contributed by atoms with Gasteiger partial charge in [-0.1, -0.05) is 0 Å². The summed E-state index contributed by atoms with van der Waals surface area (Å²) in [6, 6.07) is 0. The van der Waals surface area contributed by atoms with Crippen LogP contribution in [0.1, 0.15) is 19.3 Å². The molecule has 0 aliphatic heterocycles. The van der Waals surface area contributed by atoms with E-state index in [2.05, 4.69) is 5.32 Å². The van der Waals surface area contributed by atoms with Crippen molar-refractivity contribution in [3.63, 3.8) is 0 Å². The van der Waals surface area contributed by atoms with E-state index in [0.29, 0.717) is 6.42 Å². The van der Waals surface area contributed by atoms with Gasteiger partial charge >= 0.3 is 29.6 Å². The topological polar surface area (TPSA) is 52.2 Å². The minimum atomic E-state index is -0.953. The van der Waals surface area contributed by atoms with Crippen molar-refractivity contribution in [2.75, 3.05) is 13.6 Å². The van der Waals surface area contributed by atoms with Gasteiger partial charge in [0, 0.05) is 5.97 Å². The van der Waals surface area contributed by atoms with Crippen molar-refractivity contribution in [2.45, 2.75) is 19.3 Å². The Labute approximate surface area is 83.5 Å². The molecule has 0 atom stereocenters. The average Bonchev–Trinajstić information content (AvgIpc) is 1.80. The molecule has 0 aliphatic rings. The fourth-order valence-corrected chi connectivity index (χ4v) is 0.571. The van der Waals surface area contributed by atoms with Gasteiger partial charge in [-0.2, -0.15) is 0 Å². The molecule has 0 saturated carbocycles. The SMILES string of the molecule is CNCCCCC(=O)[O-].[Na+]. The van der Waals surface area contributed by atoms with Gasteiger partial charge in [0.15, 0.2) is 0 Å². The van der Waals surface area contributed by atoms with E-state index in [1.807, 2.05) is 7.05 Å². The first-order valence-corrected chi connectivity index (χ1v) is 3.12. The summed E-state index contributed by atoms with van der Waals surface area (Å²) in [6.07, 6.45) is 1.80. The van der Waals surface area contributed by atoms with E-state index >= 15 is 0 Å². The summed E-state index contributed by atoms with van der Waals surface area (Å²) >= 11 is 0. The fourth-order valence-electron chi connectivity index (χ4n) is 0.571. The first-order valence-electron chi connectivity index (χ1n) is 3.12. The minimum Gasteiger partial charge on any atom is -0.550 e. The van der Waals surface area contributed by atoms with E-state index in [4.69, 9.17) is 0 Å². The molecule has 0 aromatic carbocycles. The molecule has 0 saturated heterocycles. The van der Waals surface area contributed by atoms with Gasteiger partial charge in [0.05, 0.1) is 0 Å². The molecule has 0 fully saturated rings. The Kier molecular flexibility index (Phi) is 12.3. The third-order valence-corrected chi connectivity index (χ3v) is 1.06. The summed E-state index contributed by atoms with van der Waals surface area (Å²) in [5, 5.41) is 12.8. The van der Waals surface area contributed by atoms with E-state index < -0.39 is 5.97 Å². The molecular formula is C6H12NNaO2. The summed E-state index contributed by atoms with van der Waals surface area (Å²) < 4.78 is 0. The molecule has 0 aromatic rings. The molecule has 4 heteroatoms. The summed E-state index contributed by atoms with van der Waals surface area (Å²) in [5.41, 5.74) is 0. The van der Waals surface area contributed by atoms with Gasteiger partial charge in [0.25, 0.3) is 0 Å². The van der Waals surface area contributed by atoms with E-state index in [9.17, 15) is 9.90 Å². The van der Waals surface area contributed by atoms with Gasteiger partial charge in [-0.25, -0.2) is 0 Å². The second-order valence-electron chi connectivity index (χ2n) is 1.93. The fraction of sp³-hybridized carbons (Fsp3) is 0.833. The number of carbonyl (C=O) groups excluding carboxylic acids is 1. The van der Waals surface area contributed by atoms with E-state index in [0.717, 1.165) is 13.0 Å². The Morgan fingerprint density at radius 1 is 1.50 bits per heavy atom. The Morgan fingerprint density at radius 2 is 2.10 bits per heavy atom. The first kappa shape index (κ1) is 13.1. The molecule has 0 amide bonds. The van der Waals surface area contributed by atoms with Gasteiger partial charge in [-0.3, -0.25) is 0 Å². The standard InChI is InChI=1S/C6H13NO2.Na/c1-7-5-3-2-4-6(8)9;/h7H,2-5H2,1H3,(H,8,9);/q;+1/p-1. The van der Waals surface area contributed by atoms with Gasteiger partial charge in [-0.15, -0.1) is 0 Å². The molecule has 0 aromatic heterocycles. The second-order valence-corrected chi connectivity index (χ2v) is 1.93. The number of hydrogen-bond donors (Lipinski definition) is 1. The van der Waals surface area contributed by atoms with E-state index in [-0.39, 0.29) is 36.0 Å². The minimum absolute atomic E-state index is 0. The second kappa shape index (κ2) is 9.43. The molecule has 1 N–H and O–H groups in total. The number of carbonyl (C=O) groups is 1. The maximum Gasteiger partial charge on any atom is 1.00 e. The third-order valence-electron chi connectivity index (χ3n) is 1.06. The molecule has 10 heavy (non-hydrogen) atoms. The van der Waals surface area contributed by atoms with Gasteiger partial charge in [0.2, 0.25) is 0 Å². The molecule has 0 aliphatic carbocycles. The molecule has 0 spiro atoms. The maximum absolute atomic E-state index is 9.83. The van der Waals surface area contributed by atoms with E-state index in [1.165, 1.54) is 0 Å². The Bertz CT molecular complexity index is 87.8. The number of hydrogen-bond acceptors (Lipinski definition) is 3. The summed E-state index contributed by atoms with van der Waals surface area (Å²) in [7, 11) is 1.85. The quantitative estimate of drug-likeness (QED) is 0.325. The first-order chi connectivity index (χ1) is 4.27. The van der Waals surface area contributed by atoms with Crippen molar-refractivity contribution in [3.05, 3.63) is 0 Å². The van der Waals surface area contributed by atoms with Crippen LogP contribution >= 0.6 is 0 Å². The number of carboxylic acids is 1. The van der Waals surface area contributed by atoms with Crippen molar-refractivity contribution in [3.8, 4) is 0 Å². The van der Waals surface area contributed by atoms with Gasteiger partial charge < -0.3 is 15.2 Å². The molecule has 0 bridgehead atoms. The van der Waals surface area contributed by atoms with Crippen LogP contribution in [0.25, 0.3) is 0 Å². The van der Waals surface area contributed by atoms with Gasteiger partial charge in [0.1, 0.15) is 0 Å². The molecular weight excluding hydrogens is 141 g/mol. The summed E-state index contributed by atoms with van der Waals surface area (Å²) in [6.45, 7) is 0.882. The average molecular weight is 153 g/mol. The van der Waals surface area contributed by atoms with Crippen LogP contribution in [0.5, 0.6) is 0 Å². The van der Waals surface area contributed by atoms with Crippen molar-refractivity contribution in [1.82, 2.24) is 5.32 Å². The third kappa shape index (κ3) is 11.3. The number of carboxylic acid groups (broad SMARTS) is 1. The largest absolute Gasteiger partial charge is 1.00 e. The number of aliphatic carboxylic acids is 1. The van der Waals surface area contributed by atoms with E-state index in [1.54, 1.807) is 0 Å². The number of unbranched alkanes of at least 4 members (excludes halogenated alkanes) is 1. The molecule has 0 unspecified atom stereocenters. The zero-order valence-corrected chi connectivity index (χ0v) is 8.64. The zero-order chi connectivity index (χ0) is 7.11. The van der Waals surface area contributed by atoms with Crippen molar-refractivity contribution >= 4 is 5.97 Å². The monoisotopic (exact) mass is 153 g/mol. The number of rotatable bonds is 5. The summed E-state index contributed by atoms with van der Waals surface area (Å²) in [4.78, 5) is 9.83. The summed E-state index contributed by atoms with van der Waals surface area (Å²) in [5.74, 6) is -0.953. The Morgan fingerprint density at radius 3 is 2.50 bits per heavy atom. The zero-order valence-electron chi connectivity index (χ0n) is 6.64. The molecule has 54 valence electrons. The van der Waals surface area contributed by atoms with Crippen LogP contribution < -0.4 is 40.0 Å². The number of nitrogens with one attached hydrogen (secondary N) is 1. The van der Waals surface area contributed by atoms with Crippen LogP contribution in [-0.2, 0) is 4.79 Å². The Balaban J connectivity index is 0. The molecule has 0 heterocycles. The van der Waals surface area contributed by atoms with Crippen LogP contribution in [0.4, 0.5) is 0 Å². The van der Waals surface area contributed by atoms with Crippen LogP contribution in [0, 0.1) is 0 Å².